The Balaban J connectivity index is 2.32. The van der Waals surface area contributed by atoms with Crippen LogP contribution in [0.25, 0.3) is 0 Å². The molecule has 0 spiro atoms. The Morgan fingerprint density at radius 2 is 2.50 bits per heavy atom. The van der Waals surface area contributed by atoms with E-state index in [-0.39, 0.29) is 0 Å². The van der Waals surface area contributed by atoms with Crippen molar-refractivity contribution < 1.29 is 21.2 Å². The van der Waals surface area contributed by atoms with Crippen LogP contribution in [0.2, 0.25) is 5.28 Å². The van der Waals surface area contributed by atoms with Crippen LogP contribution >= 0.6 is 11.6 Å². The summed E-state index contributed by atoms with van der Waals surface area (Å²) in [6.45, 7) is 0. The van der Waals surface area contributed by atoms with Crippen LogP contribution in [-0.2, 0) is 0 Å². The van der Waals surface area contributed by atoms with Gasteiger partial charge in [0.1, 0.15) is 0 Å². The van der Waals surface area contributed by atoms with E-state index < -0.39 is 0 Å². The van der Waals surface area contributed by atoms with Gasteiger partial charge in [-0.3, -0.25) is 0 Å². The molecule has 1 aromatic rings. The summed E-state index contributed by atoms with van der Waals surface area (Å²) in [5.41, 5.74) is 1.15. The molecule has 0 aliphatic carbocycles. The SMILES string of the molecule is Clc1nccc(C2C[I-]2)n1. The van der Waals surface area contributed by atoms with E-state index in [1.165, 1.54) is 4.43 Å². The number of hydrogen-bond acceptors (Lipinski definition) is 2. The Bertz CT molecular complexity index is 249. The van der Waals surface area contributed by atoms with Crippen molar-refractivity contribution in [1.29, 1.82) is 0 Å². The standard InChI is InChI=1S/C6H5ClIN2/c7-6-9-2-1-5(10-6)4-3-8-4/h1-2,4H,3H2/q-1. The van der Waals surface area contributed by atoms with Crippen LogP contribution in [0.3, 0.4) is 0 Å². The Morgan fingerprint density at radius 3 is 3.10 bits per heavy atom. The number of rotatable bonds is 1. The molecule has 1 unspecified atom stereocenters. The van der Waals surface area contributed by atoms with Crippen molar-refractivity contribution in [3.05, 3.63) is 23.2 Å². The summed E-state index contributed by atoms with van der Waals surface area (Å²) in [4.78, 5) is 7.93. The monoisotopic (exact) mass is 267 g/mol. The van der Waals surface area contributed by atoms with Gasteiger partial charge in [-0.05, 0) is 0 Å². The molecular weight excluding hydrogens is 262 g/mol. The quantitative estimate of drug-likeness (QED) is 0.343. The Morgan fingerprint density at radius 1 is 1.70 bits per heavy atom. The van der Waals surface area contributed by atoms with Crippen LogP contribution in [0.4, 0.5) is 0 Å². The van der Waals surface area contributed by atoms with E-state index in [9.17, 15) is 0 Å². The van der Waals surface area contributed by atoms with Crippen molar-refractivity contribution in [2.45, 2.75) is 3.92 Å². The molecule has 2 rings (SSSR count). The zero-order chi connectivity index (χ0) is 6.97. The van der Waals surface area contributed by atoms with E-state index in [4.69, 9.17) is 11.6 Å². The van der Waals surface area contributed by atoms with Crippen molar-refractivity contribution in [1.82, 2.24) is 9.97 Å². The van der Waals surface area contributed by atoms with Gasteiger partial charge in [0.2, 0.25) is 0 Å². The summed E-state index contributed by atoms with van der Waals surface area (Å²) in [5.74, 6) is 0. The molecule has 1 saturated heterocycles. The van der Waals surface area contributed by atoms with Gasteiger partial charge < -0.3 is 0 Å². The molecule has 1 aromatic heterocycles. The van der Waals surface area contributed by atoms with Crippen LogP contribution in [0, 0.1) is 0 Å². The maximum absolute atomic E-state index is 5.61. The Labute approximate surface area is 74.3 Å². The first kappa shape index (κ1) is 6.79. The molecule has 0 N–H and O–H groups in total. The molecule has 1 fully saturated rings. The van der Waals surface area contributed by atoms with E-state index in [0.717, 1.165) is 9.62 Å². The van der Waals surface area contributed by atoms with E-state index in [0.29, 0.717) is 26.5 Å². The molecule has 0 bridgehead atoms. The van der Waals surface area contributed by atoms with Gasteiger partial charge in [0.15, 0.2) is 0 Å². The molecule has 1 atom stereocenters. The third-order valence-corrected chi connectivity index (χ3v) is 3.86. The van der Waals surface area contributed by atoms with Crippen molar-refractivity contribution in [2.24, 2.45) is 0 Å². The minimum absolute atomic E-state index is 0.383. The summed E-state index contributed by atoms with van der Waals surface area (Å²) in [6, 6.07) is 1.96. The number of alkyl halides is 2. The van der Waals surface area contributed by atoms with Gasteiger partial charge >= 0.3 is 74.4 Å². The van der Waals surface area contributed by atoms with E-state index >= 15 is 0 Å². The molecule has 0 aromatic carbocycles. The molecular formula is C6H5ClIN2-. The first-order valence-corrected chi connectivity index (χ1v) is 6.07. The van der Waals surface area contributed by atoms with Gasteiger partial charge in [-0.25, -0.2) is 0 Å². The number of aromatic nitrogens is 2. The summed E-state index contributed by atoms with van der Waals surface area (Å²) in [5, 5.41) is 0.383. The zero-order valence-electron chi connectivity index (χ0n) is 5.09. The van der Waals surface area contributed by atoms with E-state index in [2.05, 4.69) is 9.97 Å². The molecule has 2 nitrogen and oxygen atoms in total. The fraction of sp³-hybridized carbons (Fsp3) is 0.333. The molecule has 0 amide bonds. The molecule has 0 saturated carbocycles. The fourth-order valence-corrected chi connectivity index (χ4v) is 2.38. The van der Waals surface area contributed by atoms with E-state index in [1.54, 1.807) is 6.20 Å². The van der Waals surface area contributed by atoms with Crippen molar-refractivity contribution in [3.63, 3.8) is 0 Å². The zero-order valence-corrected chi connectivity index (χ0v) is 8.00. The van der Waals surface area contributed by atoms with Crippen LogP contribution in [0.1, 0.15) is 9.62 Å². The van der Waals surface area contributed by atoms with Crippen molar-refractivity contribution >= 4 is 11.6 Å². The van der Waals surface area contributed by atoms with Crippen LogP contribution < -0.4 is 21.2 Å². The summed E-state index contributed by atoms with van der Waals surface area (Å²) < 4.78 is 2.14. The van der Waals surface area contributed by atoms with Crippen LogP contribution in [0.15, 0.2) is 12.3 Å². The van der Waals surface area contributed by atoms with Gasteiger partial charge in [-0.1, -0.05) is 0 Å². The normalized spacial score (nSPS) is 23.5. The average Bonchev–Trinajstić information content (AvgIpc) is 2.68. The van der Waals surface area contributed by atoms with Gasteiger partial charge in [-0.2, -0.15) is 0 Å². The topological polar surface area (TPSA) is 25.8 Å². The van der Waals surface area contributed by atoms with Crippen molar-refractivity contribution in [2.75, 3.05) is 4.43 Å². The molecule has 1 aliphatic rings. The van der Waals surface area contributed by atoms with Crippen LogP contribution in [-0.4, -0.2) is 14.4 Å². The second-order valence-electron chi connectivity index (χ2n) is 2.03. The third-order valence-electron chi connectivity index (χ3n) is 1.28. The molecule has 0 radical (unpaired) electrons. The molecule has 1 aliphatic heterocycles. The van der Waals surface area contributed by atoms with Gasteiger partial charge in [0, 0.05) is 0 Å². The van der Waals surface area contributed by atoms with Gasteiger partial charge in [-0.15, -0.1) is 0 Å². The number of hydrogen-bond donors (Lipinski definition) is 0. The first-order valence-electron chi connectivity index (χ1n) is 2.92. The van der Waals surface area contributed by atoms with Crippen LogP contribution in [0.5, 0.6) is 0 Å². The van der Waals surface area contributed by atoms with Crippen molar-refractivity contribution in [3.8, 4) is 0 Å². The molecule has 4 heteroatoms. The average molecular weight is 267 g/mol. The molecule has 2 heterocycles. The fourth-order valence-electron chi connectivity index (χ4n) is 0.725. The summed E-state index contributed by atoms with van der Waals surface area (Å²) in [7, 11) is 0. The third kappa shape index (κ3) is 1.40. The predicted octanol–water partition coefficient (Wildman–Crippen LogP) is -1.73. The second-order valence-corrected chi connectivity index (χ2v) is 5.63. The molecule has 10 heavy (non-hydrogen) atoms. The summed E-state index contributed by atoms with van der Waals surface area (Å²) >= 11 is 6.04. The Hall–Kier alpha value is 0.1000. The second kappa shape index (κ2) is 2.62. The number of halogens is 2. The van der Waals surface area contributed by atoms with Gasteiger partial charge in [0.05, 0.1) is 0 Å². The molecule has 54 valence electrons. The minimum atomic E-state index is 0.383. The maximum atomic E-state index is 5.61. The van der Waals surface area contributed by atoms with E-state index in [1.807, 2.05) is 6.07 Å². The number of nitrogens with zero attached hydrogens (tertiary/aromatic N) is 2. The summed E-state index contributed by atoms with van der Waals surface area (Å²) in [6.07, 6.45) is 1.73. The van der Waals surface area contributed by atoms with Gasteiger partial charge in [0.25, 0.3) is 0 Å². The first-order chi connectivity index (χ1) is 4.86. The Kier molecular flexibility index (Phi) is 1.78. The predicted molar refractivity (Wildman–Crippen MR) is 34.7 cm³/mol.